The van der Waals surface area contributed by atoms with E-state index < -0.39 is 23.4 Å². The zero-order valence-electron chi connectivity index (χ0n) is 15.3. The molecule has 1 aliphatic heterocycles. The molecule has 4 amide bonds. The van der Waals surface area contributed by atoms with Crippen LogP contribution < -0.4 is 10.6 Å². The first-order chi connectivity index (χ1) is 12.7. The molecule has 3 rings (SSSR count). The number of nitrogens with zero attached hydrogens (tertiary/aromatic N) is 1. The van der Waals surface area contributed by atoms with Crippen molar-refractivity contribution in [2.45, 2.75) is 26.3 Å². The molecule has 6 nitrogen and oxygen atoms in total. The summed E-state index contributed by atoms with van der Waals surface area (Å²) in [5.41, 5.74) is 2.01. The zero-order chi connectivity index (χ0) is 19.8. The fourth-order valence-electron chi connectivity index (χ4n) is 3.11. The van der Waals surface area contributed by atoms with Crippen LogP contribution in [0.5, 0.6) is 0 Å². The highest BCUT2D eigenvalue weighted by Crippen LogP contribution is 2.29. The number of aryl methyl sites for hydroxylation is 2. The van der Waals surface area contributed by atoms with Crippen LogP contribution in [0, 0.1) is 13.8 Å². The average molecular weight is 386 g/mol. The zero-order valence-corrected chi connectivity index (χ0v) is 16.1. The smallest absolute Gasteiger partial charge is 0.324 e. The quantitative estimate of drug-likeness (QED) is 0.792. The van der Waals surface area contributed by atoms with Gasteiger partial charge in [0.2, 0.25) is 5.91 Å². The van der Waals surface area contributed by atoms with E-state index in [2.05, 4.69) is 10.6 Å². The number of rotatable bonds is 4. The van der Waals surface area contributed by atoms with Crippen molar-refractivity contribution < 1.29 is 14.4 Å². The molecule has 0 aromatic heterocycles. The lowest BCUT2D eigenvalue weighted by Gasteiger charge is -2.22. The number of urea groups is 1. The predicted octanol–water partition coefficient (Wildman–Crippen LogP) is 3.36. The summed E-state index contributed by atoms with van der Waals surface area (Å²) in [5.74, 6) is -0.920. The Balaban J connectivity index is 1.75. The van der Waals surface area contributed by atoms with E-state index in [1.54, 1.807) is 37.3 Å². The third kappa shape index (κ3) is 3.66. The number of benzene rings is 2. The first-order valence-corrected chi connectivity index (χ1v) is 8.86. The lowest BCUT2D eigenvalue weighted by atomic mass is 9.92. The number of carbonyl (C=O) groups excluding carboxylic acids is 3. The second-order valence-corrected chi connectivity index (χ2v) is 7.26. The Bertz CT molecular complexity index is 927. The van der Waals surface area contributed by atoms with Crippen molar-refractivity contribution in [1.82, 2.24) is 10.2 Å². The van der Waals surface area contributed by atoms with Gasteiger partial charge in [-0.15, -0.1) is 0 Å². The Morgan fingerprint density at radius 3 is 2.44 bits per heavy atom. The SMILES string of the molecule is Cc1ccc(NC(=O)CN2C(=O)N[C@@](C)(c3ccc(Cl)cc3)C2=O)c(C)c1. The monoisotopic (exact) mass is 385 g/mol. The second-order valence-electron chi connectivity index (χ2n) is 6.82. The molecule has 27 heavy (non-hydrogen) atoms. The van der Waals surface area contributed by atoms with Crippen LogP contribution in [-0.4, -0.2) is 29.3 Å². The third-order valence-corrected chi connectivity index (χ3v) is 4.91. The molecule has 1 fully saturated rings. The van der Waals surface area contributed by atoms with Crippen LogP contribution in [-0.2, 0) is 15.1 Å². The standard InChI is InChI=1S/C20H20ClN3O3/c1-12-4-9-16(13(2)10-12)22-17(25)11-24-18(26)20(3,23-19(24)27)14-5-7-15(21)8-6-14/h4-10H,11H2,1-3H3,(H,22,25)(H,23,27)/t20-/m0/s1. The van der Waals surface area contributed by atoms with E-state index in [4.69, 9.17) is 11.6 Å². The number of amides is 4. The van der Waals surface area contributed by atoms with E-state index in [9.17, 15) is 14.4 Å². The van der Waals surface area contributed by atoms with Crippen LogP contribution in [0.4, 0.5) is 10.5 Å². The number of halogens is 1. The van der Waals surface area contributed by atoms with E-state index in [0.29, 0.717) is 16.3 Å². The van der Waals surface area contributed by atoms with E-state index in [-0.39, 0.29) is 6.54 Å². The number of imide groups is 1. The summed E-state index contributed by atoms with van der Waals surface area (Å²) in [7, 11) is 0. The molecule has 1 saturated heterocycles. The van der Waals surface area contributed by atoms with Gasteiger partial charge in [0, 0.05) is 10.7 Å². The van der Waals surface area contributed by atoms with E-state index in [1.165, 1.54) is 0 Å². The van der Waals surface area contributed by atoms with Crippen LogP contribution in [0.15, 0.2) is 42.5 Å². The number of nitrogens with one attached hydrogen (secondary N) is 2. The number of hydrogen-bond acceptors (Lipinski definition) is 3. The first kappa shape index (κ1) is 18.9. The number of anilines is 1. The maximum Gasteiger partial charge on any atom is 0.325 e. The minimum Gasteiger partial charge on any atom is -0.324 e. The van der Waals surface area contributed by atoms with Gasteiger partial charge < -0.3 is 10.6 Å². The van der Waals surface area contributed by atoms with Crippen molar-refractivity contribution >= 4 is 35.1 Å². The highest BCUT2D eigenvalue weighted by Gasteiger charge is 2.49. The summed E-state index contributed by atoms with van der Waals surface area (Å²) in [6.07, 6.45) is 0. The molecular formula is C20H20ClN3O3. The topological polar surface area (TPSA) is 78.5 Å². The van der Waals surface area contributed by atoms with Gasteiger partial charge in [-0.05, 0) is 50.1 Å². The maximum absolute atomic E-state index is 12.9. The Hall–Kier alpha value is -2.86. The van der Waals surface area contributed by atoms with Crippen molar-refractivity contribution in [2.24, 2.45) is 0 Å². The van der Waals surface area contributed by atoms with E-state index >= 15 is 0 Å². The molecular weight excluding hydrogens is 366 g/mol. The minimum atomic E-state index is -1.23. The molecule has 0 unspecified atom stereocenters. The highest BCUT2D eigenvalue weighted by molar-refractivity contribution is 6.30. The fraction of sp³-hybridized carbons (Fsp3) is 0.250. The molecule has 1 atom stereocenters. The molecule has 0 spiro atoms. The van der Waals surface area contributed by atoms with Crippen LogP contribution >= 0.6 is 11.6 Å². The van der Waals surface area contributed by atoms with Crippen LogP contribution in [0.25, 0.3) is 0 Å². The Morgan fingerprint density at radius 2 is 1.81 bits per heavy atom. The van der Waals surface area contributed by atoms with Crippen molar-refractivity contribution in [1.29, 1.82) is 0 Å². The number of hydrogen-bond donors (Lipinski definition) is 2. The summed E-state index contributed by atoms with van der Waals surface area (Å²) in [4.78, 5) is 38.5. The largest absolute Gasteiger partial charge is 0.325 e. The lowest BCUT2D eigenvalue weighted by molar-refractivity contribution is -0.133. The number of carbonyl (C=O) groups is 3. The molecule has 140 valence electrons. The molecule has 0 radical (unpaired) electrons. The molecule has 0 aliphatic carbocycles. The second kappa shape index (κ2) is 7.04. The average Bonchev–Trinajstić information content (AvgIpc) is 2.82. The molecule has 1 aliphatic rings. The summed E-state index contributed by atoms with van der Waals surface area (Å²) < 4.78 is 0. The van der Waals surface area contributed by atoms with Crippen molar-refractivity contribution in [2.75, 3.05) is 11.9 Å². The van der Waals surface area contributed by atoms with Gasteiger partial charge in [-0.1, -0.05) is 41.4 Å². The van der Waals surface area contributed by atoms with Crippen LogP contribution in [0.2, 0.25) is 5.02 Å². The Labute approximate surface area is 162 Å². The summed E-state index contributed by atoms with van der Waals surface area (Å²) in [6.45, 7) is 5.09. The minimum absolute atomic E-state index is 0.360. The van der Waals surface area contributed by atoms with Gasteiger partial charge in [-0.3, -0.25) is 14.5 Å². The molecule has 7 heteroatoms. The highest BCUT2D eigenvalue weighted by atomic mass is 35.5. The summed E-state index contributed by atoms with van der Waals surface area (Å²) >= 11 is 5.89. The lowest BCUT2D eigenvalue weighted by Crippen LogP contribution is -2.42. The molecule has 2 N–H and O–H groups in total. The van der Waals surface area contributed by atoms with Gasteiger partial charge in [0.25, 0.3) is 5.91 Å². The Kier molecular flexibility index (Phi) is 4.93. The fourth-order valence-corrected chi connectivity index (χ4v) is 3.23. The predicted molar refractivity (Wildman–Crippen MR) is 104 cm³/mol. The van der Waals surface area contributed by atoms with Crippen molar-refractivity contribution in [3.8, 4) is 0 Å². The van der Waals surface area contributed by atoms with Gasteiger partial charge in [-0.25, -0.2) is 4.79 Å². The first-order valence-electron chi connectivity index (χ1n) is 8.48. The van der Waals surface area contributed by atoms with Crippen molar-refractivity contribution in [3.63, 3.8) is 0 Å². The molecule has 0 saturated carbocycles. The van der Waals surface area contributed by atoms with Gasteiger partial charge in [0.05, 0.1) is 0 Å². The normalized spacial score (nSPS) is 19.2. The van der Waals surface area contributed by atoms with E-state index in [1.807, 2.05) is 26.0 Å². The van der Waals surface area contributed by atoms with Gasteiger partial charge in [0.1, 0.15) is 12.1 Å². The van der Waals surface area contributed by atoms with Gasteiger partial charge in [-0.2, -0.15) is 0 Å². The van der Waals surface area contributed by atoms with E-state index in [0.717, 1.165) is 16.0 Å². The maximum atomic E-state index is 12.9. The summed E-state index contributed by atoms with van der Waals surface area (Å²) in [5, 5.41) is 5.95. The molecule has 2 aromatic rings. The molecule has 2 aromatic carbocycles. The van der Waals surface area contributed by atoms with Crippen LogP contribution in [0.1, 0.15) is 23.6 Å². The Morgan fingerprint density at radius 1 is 1.15 bits per heavy atom. The van der Waals surface area contributed by atoms with Crippen LogP contribution in [0.3, 0.4) is 0 Å². The van der Waals surface area contributed by atoms with Gasteiger partial charge >= 0.3 is 6.03 Å². The van der Waals surface area contributed by atoms with Crippen molar-refractivity contribution in [3.05, 3.63) is 64.2 Å². The third-order valence-electron chi connectivity index (χ3n) is 4.65. The molecule has 0 bridgehead atoms. The summed E-state index contributed by atoms with van der Waals surface area (Å²) in [6, 6.07) is 11.7. The van der Waals surface area contributed by atoms with Gasteiger partial charge in [0.15, 0.2) is 0 Å². The molecule has 1 heterocycles.